The highest BCUT2D eigenvalue weighted by atomic mass is 16.2. The van der Waals surface area contributed by atoms with Crippen LogP contribution < -0.4 is 5.32 Å². The van der Waals surface area contributed by atoms with Crippen molar-refractivity contribution in [2.24, 2.45) is 0 Å². The minimum absolute atomic E-state index is 0.0558. The van der Waals surface area contributed by atoms with E-state index in [1.165, 1.54) is 5.56 Å². The molecule has 184 valence electrons. The van der Waals surface area contributed by atoms with Crippen LogP contribution in [0.2, 0.25) is 0 Å². The van der Waals surface area contributed by atoms with Gasteiger partial charge in [-0.15, -0.1) is 0 Å². The van der Waals surface area contributed by atoms with Gasteiger partial charge in [-0.2, -0.15) is 0 Å². The summed E-state index contributed by atoms with van der Waals surface area (Å²) in [6, 6.07) is 23.6. The number of nitrogens with zero attached hydrogens (tertiary/aromatic N) is 1. The molecule has 0 aliphatic rings. The van der Waals surface area contributed by atoms with E-state index in [2.05, 4.69) is 37.4 Å². The maximum atomic E-state index is 13.8. The summed E-state index contributed by atoms with van der Waals surface area (Å²) < 4.78 is 0. The van der Waals surface area contributed by atoms with Gasteiger partial charge in [-0.05, 0) is 69.4 Å². The van der Waals surface area contributed by atoms with Crippen molar-refractivity contribution in [3.05, 3.63) is 106 Å². The standard InChI is InChI=1S/C31H38N2O2/c1-22-11-10-14-27(17-22)21-33(29(34)20-26-16-15-23(2)24(3)18-26)28(30(35)32-31(4,5)6)19-25-12-8-7-9-13-25/h7-18,28H,19-21H2,1-6H3,(H,32,35)/t28-/m1/s1. The summed E-state index contributed by atoms with van der Waals surface area (Å²) in [5.41, 5.74) is 6.08. The van der Waals surface area contributed by atoms with E-state index in [-0.39, 0.29) is 18.2 Å². The van der Waals surface area contributed by atoms with Gasteiger partial charge < -0.3 is 10.2 Å². The molecule has 0 spiro atoms. The minimum atomic E-state index is -0.629. The van der Waals surface area contributed by atoms with Crippen LogP contribution in [0.1, 0.15) is 54.2 Å². The lowest BCUT2D eigenvalue weighted by Crippen LogP contribution is -2.54. The number of aryl methyl sites for hydroxylation is 3. The van der Waals surface area contributed by atoms with Crippen molar-refractivity contribution >= 4 is 11.8 Å². The zero-order valence-electron chi connectivity index (χ0n) is 21.9. The zero-order valence-corrected chi connectivity index (χ0v) is 21.9. The largest absolute Gasteiger partial charge is 0.350 e. The Morgan fingerprint density at radius 2 is 1.49 bits per heavy atom. The molecule has 0 saturated carbocycles. The number of hydrogen-bond acceptors (Lipinski definition) is 2. The van der Waals surface area contributed by atoms with Crippen LogP contribution in [-0.2, 0) is 29.0 Å². The highest BCUT2D eigenvalue weighted by molar-refractivity contribution is 5.89. The molecule has 0 bridgehead atoms. The lowest BCUT2D eigenvalue weighted by atomic mass is 9.99. The first-order valence-corrected chi connectivity index (χ1v) is 12.3. The van der Waals surface area contributed by atoms with Gasteiger partial charge in [0.1, 0.15) is 6.04 Å². The summed E-state index contributed by atoms with van der Waals surface area (Å²) in [5, 5.41) is 3.12. The molecule has 2 amide bonds. The zero-order chi connectivity index (χ0) is 25.6. The Labute approximate surface area is 210 Å². The van der Waals surface area contributed by atoms with Gasteiger partial charge in [0.15, 0.2) is 0 Å². The van der Waals surface area contributed by atoms with Gasteiger partial charge in [0.25, 0.3) is 0 Å². The SMILES string of the molecule is Cc1cccc(CN(C(=O)Cc2ccc(C)c(C)c2)[C@H](Cc2ccccc2)C(=O)NC(C)(C)C)c1. The second-order valence-electron chi connectivity index (χ2n) is 10.6. The first kappa shape index (κ1) is 26.2. The first-order valence-electron chi connectivity index (χ1n) is 12.3. The van der Waals surface area contributed by atoms with Gasteiger partial charge >= 0.3 is 0 Å². The quantitative estimate of drug-likeness (QED) is 0.458. The van der Waals surface area contributed by atoms with Crippen molar-refractivity contribution in [3.8, 4) is 0 Å². The summed E-state index contributed by atoms with van der Waals surface area (Å²) in [6.07, 6.45) is 0.703. The Bertz CT molecular complexity index is 1160. The Morgan fingerprint density at radius 3 is 2.11 bits per heavy atom. The van der Waals surface area contributed by atoms with Gasteiger partial charge in [0, 0.05) is 18.5 Å². The molecule has 0 saturated heterocycles. The highest BCUT2D eigenvalue weighted by Crippen LogP contribution is 2.19. The predicted octanol–water partition coefficient (Wildman–Crippen LogP) is 5.71. The van der Waals surface area contributed by atoms with Gasteiger partial charge in [0.2, 0.25) is 11.8 Å². The van der Waals surface area contributed by atoms with E-state index in [1.807, 2.05) is 82.3 Å². The van der Waals surface area contributed by atoms with Crippen LogP contribution in [0.15, 0.2) is 72.8 Å². The maximum Gasteiger partial charge on any atom is 0.243 e. The summed E-state index contributed by atoms with van der Waals surface area (Å²) in [4.78, 5) is 29.2. The van der Waals surface area contributed by atoms with Crippen molar-refractivity contribution in [3.63, 3.8) is 0 Å². The first-order chi connectivity index (χ1) is 16.5. The Kier molecular flexibility index (Phi) is 8.50. The van der Waals surface area contributed by atoms with E-state index < -0.39 is 11.6 Å². The fourth-order valence-corrected chi connectivity index (χ4v) is 4.20. The number of benzene rings is 3. The van der Waals surface area contributed by atoms with Crippen LogP contribution in [0.5, 0.6) is 0 Å². The molecule has 0 heterocycles. The van der Waals surface area contributed by atoms with E-state index >= 15 is 0 Å². The molecule has 0 aromatic heterocycles. The smallest absolute Gasteiger partial charge is 0.243 e. The predicted molar refractivity (Wildman–Crippen MR) is 143 cm³/mol. The molecule has 0 aliphatic carbocycles. The molecule has 0 unspecified atom stereocenters. The average Bonchev–Trinajstić information content (AvgIpc) is 2.78. The monoisotopic (exact) mass is 470 g/mol. The summed E-state index contributed by atoms with van der Waals surface area (Å²) in [5.74, 6) is -0.192. The molecule has 1 atom stereocenters. The van der Waals surface area contributed by atoms with Gasteiger partial charge in [-0.3, -0.25) is 9.59 Å². The van der Waals surface area contributed by atoms with E-state index in [1.54, 1.807) is 4.90 Å². The van der Waals surface area contributed by atoms with Crippen molar-refractivity contribution < 1.29 is 9.59 Å². The molecule has 0 aliphatic heterocycles. The normalized spacial score (nSPS) is 12.2. The Hall–Kier alpha value is -3.40. The summed E-state index contributed by atoms with van der Waals surface area (Å²) in [6.45, 7) is 12.4. The van der Waals surface area contributed by atoms with Crippen molar-refractivity contribution in [1.29, 1.82) is 0 Å². The number of carbonyl (C=O) groups is 2. The molecule has 4 heteroatoms. The number of rotatable bonds is 8. The van der Waals surface area contributed by atoms with E-state index in [0.29, 0.717) is 13.0 Å². The maximum absolute atomic E-state index is 13.8. The van der Waals surface area contributed by atoms with Crippen LogP contribution in [0.3, 0.4) is 0 Å². The second-order valence-corrected chi connectivity index (χ2v) is 10.6. The van der Waals surface area contributed by atoms with Crippen molar-refractivity contribution in [1.82, 2.24) is 10.2 Å². The van der Waals surface area contributed by atoms with E-state index in [0.717, 1.165) is 27.8 Å². The molecule has 0 fully saturated rings. The van der Waals surface area contributed by atoms with Crippen LogP contribution in [0.4, 0.5) is 0 Å². The molecule has 1 N–H and O–H groups in total. The molecular weight excluding hydrogens is 432 g/mol. The molecule has 35 heavy (non-hydrogen) atoms. The average molecular weight is 471 g/mol. The van der Waals surface area contributed by atoms with Gasteiger partial charge in [-0.25, -0.2) is 0 Å². The third kappa shape index (κ3) is 7.81. The van der Waals surface area contributed by atoms with Crippen molar-refractivity contribution in [2.45, 2.75) is 72.5 Å². The Balaban J connectivity index is 2.00. The third-order valence-electron chi connectivity index (χ3n) is 6.13. The fourth-order valence-electron chi connectivity index (χ4n) is 4.20. The molecule has 3 aromatic carbocycles. The van der Waals surface area contributed by atoms with Gasteiger partial charge in [-0.1, -0.05) is 78.4 Å². The topological polar surface area (TPSA) is 49.4 Å². The highest BCUT2D eigenvalue weighted by Gasteiger charge is 2.32. The van der Waals surface area contributed by atoms with E-state index in [9.17, 15) is 9.59 Å². The summed E-state index contributed by atoms with van der Waals surface area (Å²) in [7, 11) is 0. The van der Waals surface area contributed by atoms with Gasteiger partial charge in [0.05, 0.1) is 6.42 Å². The molecule has 3 aromatic rings. The van der Waals surface area contributed by atoms with Crippen LogP contribution in [-0.4, -0.2) is 28.3 Å². The second kappa shape index (κ2) is 11.4. The number of carbonyl (C=O) groups excluding carboxylic acids is 2. The molecular formula is C31H38N2O2. The molecule has 0 radical (unpaired) electrons. The third-order valence-corrected chi connectivity index (χ3v) is 6.13. The van der Waals surface area contributed by atoms with Crippen LogP contribution >= 0.6 is 0 Å². The minimum Gasteiger partial charge on any atom is -0.350 e. The number of hydrogen-bond donors (Lipinski definition) is 1. The molecule has 4 nitrogen and oxygen atoms in total. The fraction of sp³-hybridized carbons (Fsp3) is 0.355. The number of nitrogens with one attached hydrogen (secondary N) is 1. The summed E-state index contributed by atoms with van der Waals surface area (Å²) >= 11 is 0. The van der Waals surface area contributed by atoms with Crippen molar-refractivity contribution in [2.75, 3.05) is 0 Å². The Morgan fingerprint density at radius 1 is 0.800 bits per heavy atom. The van der Waals surface area contributed by atoms with Crippen LogP contribution in [0, 0.1) is 20.8 Å². The molecule has 3 rings (SSSR count). The number of amides is 2. The van der Waals surface area contributed by atoms with E-state index in [4.69, 9.17) is 0 Å². The van der Waals surface area contributed by atoms with Crippen LogP contribution in [0.25, 0.3) is 0 Å². The lowest BCUT2D eigenvalue weighted by Gasteiger charge is -2.34. The lowest BCUT2D eigenvalue weighted by molar-refractivity contribution is -0.141.